The van der Waals surface area contributed by atoms with Crippen LogP contribution in [-0.4, -0.2) is 42.3 Å². The first kappa shape index (κ1) is 32.3. The highest BCUT2D eigenvalue weighted by atomic mass is 32.2. The number of hydrogen-bond acceptors (Lipinski definition) is 6. The molecule has 1 amide bonds. The molecule has 42 heavy (non-hydrogen) atoms. The van der Waals surface area contributed by atoms with Crippen molar-refractivity contribution < 1.29 is 23.1 Å². The summed E-state index contributed by atoms with van der Waals surface area (Å²) >= 11 is 0. The number of carbonyl (C=O) groups is 2. The van der Waals surface area contributed by atoms with Gasteiger partial charge in [0.2, 0.25) is 15.9 Å². The largest absolute Gasteiger partial charge is 0.481 e. The number of nitrogens with one attached hydrogen (secondary N) is 4. The predicted molar refractivity (Wildman–Crippen MR) is 166 cm³/mol. The molecule has 224 valence electrons. The zero-order chi connectivity index (χ0) is 31.1. The lowest BCUT2D eigenvalue weighted by atomic mass is 9.95. The van der Waals surface area contributed by atoms with Crippen LogP contribution in [0.25, 0.3) is 11.1 Å². The van der Waals surface area contributed by atoms with Gasteiger partial charge in [0.1, 0.15) is 11.4 Å². The molecule has 0 aliphatic heterocycles. The maximum absolute atomic E-state index is 13.5. The van der Waals surface area contributed by atoms with E-state index in [1.54, 1.807) is 69.3 Å². The van der Waals surface area contributed by atoms with Gasteiger partial charge in [0.05, 0.1) is 4.90 Å². The number of nitrogen functional groups attached to an aromatic ring is 1. The van der Waals surface area contributed by atoms with Crippen LogP contribution < -0.4 is 21.1 Å². The van der Waals surface area contributed by atoms with Crippen LogP contribution in [0, 0.1) is 5.41 Å². The Morgan fingerprint density at radius 3 is 2.10 bits per heavy atom. The zero-order valence-corrected chi connectivity index (χ0v) is 25.1. The maximum Gasteiger partial charge on any atom is 0.300 e. The lowest BCUT2D eigenvalue weighted by molar-refractivity contribution is -0.134. The second-order valence-electron chi connectivity index (χ2n) is 11.3. The standard InChI is InChI=1S/C29H35N5O3S.C2H4O2/c1-28(2,3)34-38(36,37)25-12-5-4-11-24(25)20-13-15-22(16-14-20)32-27(35)29(17-6-7-18-29)33-23-10-8-9-21(19-23)26(30)31;1-2(3)4/h4-5,8-16,19,33-34H,6-7,17-18H2,1-3H3,(H3,30,31)(H,32,35);1H3,(H,3,4). The predicted octanol–water partition coefficient (Wildman–Crippen LogP) is 5.17. The number of amidine groups is 1. The molecule has 0 aromatic heterocycles. The number of aliphatic carboxylic acids is 1. The quantitative estimate of drug-likeness (QED) is 0.154. The lowest BCUT2D eigenvalue weighted by Gasteiger charge is -2.30. The van der Waals surface area contributed by atoms with E-state index in [1.165, 1.54) is 0 Å². The summed E-state index contributed by atoms with van der Waals surface area (Å²) in [7, 11) is -3.73. The van der Waals surface area contributed by atoms with E-state index >= 15 is 0 Å². The van der Waals surface area contributed by atoms with Crippen molar-refractivity contribution in [3.63, 3.8) is 0 Å². The Balaban J connectivity index is 0.00000114. The third kappa shape index (κ3) is 8.64. The molecule has 0 unspecified atom stereocenters. The van der Waals surface area contributed by atoms with Crippen molar-refractivity contribution in [3.05, 3.63) is 78.4 Å². The average Bonchev–Trinajstić information content (AvgIpc) is 3.37. The Morgan fingerprint density at radius 1 is 0.929 bits per heavy atom. The van der Waals surface area contributed by atoms with Gasteiger partial charge in [-0.05, 0) is 69.5 Å². The summed E-state index contributed by atoms with van der Waals surface area (Å²) in [5.41, 5.74) is 7.53. The van der Waals surface area contributed by atoms with E-state index < -0.39 is 27.1 Å². The highest BCUT2D eigenvalue weighted by Gasteiger charge is 2.41. The monoisotopic (exact) mass is 593 g/mol. The summed E-state index contributed by atoms with van der Waals surface area (Å²) < 4.78 is 28.8. The van der Waals surface area contributed by atoms with E-state index in [9.17, 15) is 13.2 Å². The molecular weight excluding hydrogens is 554 g/mol. The van der Waals surface area contributed by atoms with Crippen LogP contribution in [0.1, 0.15) is 58.9 Å². The second-order valence-corrected chi connectivity index (χ2v) is 13.0. The molecule has 3 aromatic carbocycles. The molecule has 7 N–H and O–H groups in total. The van der Waals surface area contributed by atoms with Gasteiger partial charge in [0.15, 0.2) is 0 Å². The molecule has 0 saturated heterocycles. The van der Waals surface area contributed by atoms with Gasteiger partial charge < -0.3 is 21.5 Å². The number of carbonyl (C=O) groups excluding carboxylic acids is 1. The first-order valence-electron chi connectivity index (χ1n) is 13.6. The summed E-state index contributed by atoms with van der Waals surface area (Å²) in [5, 5.41) is 21.6. The number of hydrogen-bond donors (Lipinski definition) is 6. The van der Waals surface area contributed by atoms with Crippen LogP contribution in [0.15, 0.2) is 77.7 Å². The van der Waals surface area contributed by atoms with Crippen molar-refractivity contribution in [3.8, 4) is 11.1 Å². The topological polar surface area (TPSA) is 174 Å². The van der Waals surface area contributed by atoms with Crippen molar-refractivity contribution in [1.82, 2.24) is 4.72 Å². The normalized spacial score (nSPS) is 14.3. The summed E-state index contributed by atoms with van der Waals surface area (Å²) in [5.74, 6) is -0.990. The number of carboxylic acid groups (broad SMARTS) is 1. The lowest BCUT2D eigenvalue weighted by Crippen LogP contribution is -2.47. The molecule has 4 rings (SSSR count). The van der Waals surface area contributed by atoms with E-state index in [1.807, 2.05) is 24.3 Å². The summed E-state index contributed by atoms with van der Waals surface area (Å²) in [4.78, 5) is 22.7. The second kappa shape index (κ2) is 13.2. The van der Waals surface area contributed by atoms with Crippen LogP contribution in [0.2, 0.25) is 0 Å². The van der Waals surface area contributed by atoms with Crippen molar-refractivity contribution in [2.45, 2.75) is 69.4 Å². The molecule has 10 nitrogen and oxygen atoms in total. The van der Waals surface area contributed by atoms with Crippen LogP contribution in [0.4, 0.5) is 11.4 Å². The van der Waals surface area contributed by atoms with Crippen LogP contribution in [0.5, 0.6) is 0 Å². The summed E-state index contributed by atoms with van der Waals surface area (Å²) in [6.07, 6.45) is 3.24. The Kier molecular flexibility index (Phi) is 10.1. The minimum Gasteiger partial charge on any atom is -0.481 e. The van der Waals surface area contributed by atoms with Gasteiger partial charge >= 0.3 is 0 Å². The molecule has 0 atom stereocenters. The van der Waals surface area contributed by atoms with E-state index in [0.29, 0.717) is 29.7 Å². The number of sulfonamides is 1. The average molecular weight is 594 g/mol. The first-order chi connectivity index (χ1) is 19.6. The van der Waals surface area contributed by atoms with Gasteiger partial charge in [-0.15, -0.1) is 0 Å². The Bertz CT molecular complexity index is 1540. The van der Waals surface area contributed by atoms with E-state index in [2.05, 4.69) is 15.4 Å². The summed E-state index contributed by atoms with van der Waals surface area (Å²) in [6.45, 7) is 6.49. The Hall–Kier alpha value is -4.22. The van der Waals surface area contributed by atoms with E-state index in [0.717, 1.165) is 31.0 Å². The van der Waals surface area contributed by atoms with Crippen LogP contribution >= 0.6 is 0 Å². The fourth-order valence-electron chi connectivity index (χ4n) is 4.81. The number of nitrogens with two attached hydrogens (primary N) is 1. The molecule has 0 radical (unpaired) electrons. The fraction of sp³-hybridized carbons (Fsp3) is 0.323. The van der Waals surface area contributed by atoms with Gasteiger partial charge in [-0.25, -0.2) is 13.1 Å². The Morgan fingerprint density at radius 2 is 1.52 bits per heavy atom. The maximum atomic E-state index is 13.5. The van der Waals surface area contributed by atoms with Gasteiger partial charge in [0, 0.05) is 35.0 Å². The van der Waals surface area contributed by atoms with Gasteiger partial charge in [-0.2, -0.15) is 0 Å². The molecule has 1 fully saturated rings. The smallest absolute Gasteiger partial charge is 0.300 e. The SMILES string of the molecule is CC(=O)O.CC(C)(C)NS(=O)(=O)c1ccccc1-c1ccc(NC(=O)C2(Nc3cccc(C(=N)N)c3)CCCC2)cc1. The molecule has 1 aliphatic carbocycles. The van der Waals surface area contributed by atoms with Crippen molar-refractivity contribution in [2.75, 3.05) is 10.6 Å². The Labute approximate surface area is 247 Å². The van der Waals surface area contributed by atoms with E-state index in [-0.39, 0.29) is 16.6 Å². The number of amides is 1. The molecule has 3 aromatic rings. The molecule has 0 bridgehead atoms. The van der Waals surface area contributed by atoms with Gasteiger partial charge in [0.25, 0.3) is 5.97 Å². The molecule has 1 aliphatic rings. The van der Waals surface area contributed by atoms with Crippen LogP contribution in [-0.2, 0) is 19.6 Å². The van der Waals surface area contributed by atoms with E-state index in [4.69, 9.17) is 21.0 Å². The first-order valence-corrected chi connectivity index (χ1v) is 15.1. The summed E-state index contributed by atoms with van der Waals surface area (Å²) in [6, 6.07) is 21.3. The van der Waals surface area contributed by atoms with Crippen molar-refractivity contribution in [2.24, 2.45) is 5.73 Å². The molecular formula is C31H39N5O5S. The minimum atomic E-state index is -3.73. The van der Waals surface area contributed by atoms with Gasteiger partial charge in [-0.3, -0.25) is 15.0 Å². The molecule has 0 heterocycles. The van der Waals surface area contributed by atoms with Crippen molar-refractivity contribution in [1.29, 1.82) is 5.41 Å². The number of rotatable bonds is 8. The molecule has 1 saturated carbocycles. The van der Waals surface area contributed by atoms with Gasteiger partial charge in [-0.1, -0.05) is 55.3 Å². The number of anilines is 2. The number of carboxylic acids is 1. The highest BCUT2D eigenvalue weighted by Crippen LogP contribution is 2.35. The zero-order valence-electron chi connectivity index (χ0n) is 24.3. The minimum absolute atomic E-state index is 0.0257. The third-order valence-corrected chi connectivity index (χ3v) is 8.34. The van der Waals surface area contributed by atoms with Crippen molar-refractivity contribution >= 4 is 39.1 Å². The number of benzene rings is 3. The van der Waals surface area contributed by atoms with Crippen LogP contribution in [0.3, 0.4) is 0 Å². The molecule has 0 spiro atoms. The highest BCUT2D eigenvalue weighted by molar-refractivity contribution is 7.89. The third-order valence-electron chi connectivity index (χ3n) is 6.52. The fourth-order valence-corrected chi connectivity index (χ4v) is 6.46. The molecule has 11 heteroatoms.